The van der Waals surface area contributed by atoms with Gasteiger partial charge < -0.3 is 10.1 Å². The Morgan fingerprint density at radius 3 is 2.71 bits per heavy atom. The molecule has 2 rings (SSSR count). The van der Waals surface area contributed by atoms with E-state index in [-0.39, 0.29) is 11.1 Å². The predicted molar refractivity (Wildman–Crippen MR) is 81.2 cm³/mol. The van der Waals surface area contributed by atoms with Crippen LogP contribution >= 0.6 is 11.6 Å². The largest absolute Gasteiger partial charge is 0.495 e. The summed E-state index contributed by atoms with van der Waals surface area (Å²) < 4.78 is 18.5. The molecule has 5 heteroatoms. The average molecular weight is 305 g/mol. The molecule has 1 N–H and O–H groups in total. The standard InChI is InChI=1S/C16H14ClFN2O/c1-10(11-6-7-14(18)13(17)8-11)20-16-12(9-19)4-3-5-15(16)21-2/h3-8,10,20H,1-2H3. The van der Waals surface area contributed by atoms with Crippen molar-refractivity contribution in [2.24, 2.45) is 0 Å². The Labute approximate surface area is 127 Å². The van der Waals surface area contributed by atoms with E-state index in [1.165, 1.54) is 6.07 Å². The Hall–Kier alpha value is -2.25. The van der Waals surface area contributed by atoms with Gasteiger partial charge >= 0.3 is 0 Å². The van der Waals surface area contributed by atoms with Crippen LogP contribution in [0.25, 0.3) is 0 Å². The lowest BCUT2D eigenvalue weighted by Crippen LogP contribution is -2.09. The molecule has 0 bridgehead atoms. The van der Waals surface area contributed by atoms with Gasteiger partial charge in [-0.2, -0.15) is 5.26 Å². The number of halogens is 2. The second-order valence-corrected chi connectivity index (χ2v) is 4.94. The molecule has 0 fully saturated rings. The van der Waals surface area contributed by atoms with Gasteiger partial charge in [0, 0.05) is 6.04 Å². The van der Waals surface area contributed by atoms with E-state index >= 15 is 0 Å². The van der Waals surface area contributed by atoms with Crippen LogP contribution in [0.1, 0.15) is 24.1 Å². The van der Waals surface area contributed by atoms with Gasteiger partial charge in [0.05, 0.1) is 23.4 Å². The van der Waals surface area contributed by atoms with Gasteiger partial charge in [-0.25, -0.2) is 4.39 Å². The molecular weight excluding hydrogens is 291 g/mol. The Balaban J connectivity index is 2.33. The van der Waals surface area contributed by atoms with Crippen LogP contribution in [0.4, 0.5) is 10.1 Å². The summed E-state index contributed by atoms with van der Waals surface area (Å²) in [6.45, 7) is 1.90. The van der Waals surface area contributed by atoms with E-state index in [1.807, 2.05) is 6.92 Å². The fourth-order valence-corrected chi connectivity index (χ4v) is 2.21. The molecule has 0 heterocycles. The number of hydrogen-bond donors (Lipinski definition) is 1. The summed E-state index contributed by atoms with van der Waals surface area (Å²) in [6, 6.07) is 11.7. The van der Waals surface area contributed by atoms with Crippen LogP contribution in [0.2, 0.25) is 5.02 Å². The number of rotatable bonds is 4. The van der Waals surface area contributed by atoms with Crippen molar-refractivity contribution >= 4 is 17.3 Å². The van der Waals surface area contributed by atoms with Crippen LogP contribution < -0.4 is 10.1 Å². The fourth-order valence-electron chi connectivity index (χ4n) is 2.02. The number of methoxy groups -OCH3 is 1. The zero-order valence-corrected chi connectivity index (χ0v) is 12.4. The van der Waals surface area contributed by atoms with Crippen molar-refractivity contribution < 1.29 is 9.13 Å². The van der Waals surface area contributed by atoms with Crippen LogP contribution in [0.15, 0.2) is 36.4 Å². The van der Waals surface area contributed by atoms with Crippen LogP contribution in [0, 0.1) is 17.1 Å². The SMILES string of the molecule is COc1cccc(C#N)c1NC(C)c1ccc(F)c(Cl)c1. The lowest BCUT2D eigenvalue weighted by atomic mass is 10.1. The normalized spacial score (nSPS) is 11.6. The zero-order chi connectivity index (χ0) is 15.4. The molecule has 0 aromatic heterocycles. The first-order valence-corrected chi connectivity index (χ1v) is 6.73. The molecule has 108 valence electrons. The van der Waals surface area contributed by atoms with E-state index in [1.54, 1.807) is 37.4 Å². The maximum Gasteiger partial charge on any atom is 0.143 e. The summed E-state index contributed by atoms with van der Waals surface area (Å²) >= 11 is 5.80. The molecule has 0 aliphatic rings. The third-order valence-electron chi connectivity index (χ3n) is 3.17. The van der Waals surface area contributed by atoms with Crippen LogP contribution in [-0.2, 0) is 0 Å². The topological polar surface area (TPSA) is 45.0 Å². The second kappa shape index (κ2) is 6.47. The number of anilines is 1. The highest BCUT2D eigenvalue weighted by Crippen LogP contribution is 2.32. The Bertz CT molecular complexity index is 697. The van der Waals surface area contributed by atoms with Crippen molar-refractivity contribution in [3.63, 3.8) is 0 Å². The van der Waals surface area contributed by atoms with Gasteiger partial charge in [0.2, 0.25) is 0 Å². The quantitative estimate of drug-likeness (QED) is 0.902. The molecule has 1 unspecified atom stereocenters. The predicted octanol–water partition coefficient (Wildman–Crippen LogP) is 4.53. The minimum Gasteiger partial charge on any atom is -0.495 e. The number of hydrogen-bond acceptors (Lipinski definition) is 3. The fraction of sp³-hybridized carbons (Fsp3) is 0.188. The molecule has 0 radical (unpaired) electrons. The van der Waals surface area contributed by atoms with Gasteiger partial charge in [-0.3, -0.25) is 0 Å². The molecule has 2 aromatic rings. The third kappa shape index (κ3) is 3.26. The average Bonchev–Trinajstić information content (AvgIpc) is 2.50. The van der Waals surface area contributed by atoms with Crippen molar-refractivity contribution in [1.82, 2.24) is 0 Å². The second-order valence-electron chi connectivity index (χ2n) is 4.53. The molecule has 2 aromatic carbocycles. The van der Waals surface area contributed by atoms with Gasteiger partial charge in [-0.15, -0.1) is 0 Å². The Morgan fingerprint density at radius 1 is 1.33 bits per heavy atom. The van der Waals surface area contributed by atoms with Crippen LogP contribution in [0.5, 0.6) is 5.75 Å². The van der Waals surface area contributed by atoms with Crippen LogP contribution in [-0.4, -0.2) is 7.11 Å². The summed E-state index contributed by atoms with van der Waals surface area (Å²) in [5.74, 6) is 0.122. The molecule has 0 spiro atoms. The molecule has 0 saturated heterocycles. The number of nitriles is 1. The lowest BCUT2D eigenvalue weighted by Gasteiger charge is -2.19. The summed E-state index contributed by atoms with van der Waals surface area (Å²) in [7, 11) is 1.54. The zero-order valence-electron chi connectivity index (χ0n) is 11.7. The highest BCUT2D eigenvalue weighted by molar-refractivity contribution is 6.30. The van der Waals surface area contributed by atoms with Gasteiger partial charge in [0.25, 0.3) is 0 Å². The van der Waals surface area contributed by atoms with Gasteiger partial charge in [-0.1, -0.05) is 23.7 Å². The third-order valence-corrected chi connectivity index (χ3v) is 3.46. The minimum absolute atomic E-state index is 0.0710. The highest BCUT2D eigenvalue weighted by atomic mass is 35.5. The van der Waals surface area contributed by atoms with Gasteiger partial charge in [0.15, 0.2) is 0 Å². The molecule has 0 saturated carbocycles. The maximum atomic E-state index is 13.2. The van der Waals surface area contributed by atoms with Crippen LogP contribution in [0.3, 0.4) is 0 Å². The van der Waals surface area contributed by atoms with Crippen molar-refractivity contribution in [2.45, 2.75) is 13.0 Å². The highest BCUT2D eigenvalue weighted by Gasteiger charge is 2.14. The monoisotopic (exact) mass is 304 g/mol. The molecule has 0 aliphatic heterocycles. The summed E-state index contributed by atoms with van der Waals surface area (Å²) in [6.07, 6.45) is 0. The van der Waals surface area contributed by atoms with E-state index < -0.39 is 5.82 Å². The summed E-state index contributed by atoms with van der Waals surface area (Å²) in [4.78, 5) is 0. The molecule has 3 nitrogen and oxygen atoms in total. The molecule has 21 heavy (non-hydrogen) atoms. The lowest BCUT2D eigenvalue weighted by molar-refractivity contribution is 0.416. The molecule has 0 amide bonds. The van der Waals surface area contributed by atoms with Gasteiger partial charge in [0.1, 0.15) is 17.6 Å². The summed E-state index contributed by atoms with van der Waals surface area (Å²) in [5.41, 5.74) is 1.90. The number of ether oxygens (including phenoxy) is 1. The smallest absolute Gasteiger partial charge is 0.143 e. The number of para-hydroxylation sites is 1. The van der Waals surface area contributed by atoms with Crippen molar-refractivity contribution in [3.8, 4) is 11.8 Å². The van der Waals surface area contributed by atoms with E-state index in [0.29, 0.717) is 17.0 Å². The Kier molecular flexibility index (Phi) is 4.66. The van der Waals surface area contributed by atoms with Crippen molar-refractivity contribution in [2.75, 3.05) is 12.4 Å². The number of nitrogens with one attached hydrogen (secondary N) is 1. The van der Waals surface area contributed by atoms with Crippen molar-refractivity contribution in [1.29, 1.82) is 5.26 Å². The van der Waals surface area contributed by atoms with E-state index in [4.69, 9.17) is 16.3 Å². The first-order chi connectivity index (χ1) is 10.1. The van der Waals surface area contributed by atoms with Gasteiger partial charge in [-0.05, 0) is 36.8 Å². The number of benzene rings is 2. The minimum atomic E-state index is -0.456. The first kappa shape index (κ1) is 15.1. The van der Waals surface area contributed by atoms with E-state index in [9.17, 15) is 9.65 Å². The maximum absolute atomic E-state index is 13.2. The first-order valence-electron chi connectivity index (χ1n) is 6.35. The Morgan fingerprint density at radius 2 is 2.10 bits per heavy atom. The van der Waals surface area contributed by atoms with E-state index in [0.717, 1.165) is 5.56 Å². The molecule has 0 aliphatic carbocycles. The number of nitrogens with zero attached hydrogens (tertiary/aromatic N) is 1. The molecule has 1 atom stereocenters. The van der Waals surface area contributed by atoms with E-state index in [2.05, 4.69) is 11.4 Å². The van der Waals surface area contributed by atoms with Crippen molar-refractivity contribution in [3.05, 3.63) is 58.4 Å². The summed E-state index contributed by atoms with van der Waals surface area (Å²) in [5, 5.41) is 12.5. The molecular formula is C16H14ClFN2O.